The van der Waals surface area contributed by atoms with E-state index in [9.17, 15) is 14.9 Å². The molecule has 0 aliphatic rings. The number of hydrogen-bond acceptors (Lipinski definition) is 4. The molecule has 2 aromatic carbocycles. The van der Waals surface area contributed by atoms with Gasteiger partial charge in [0.1, 0.15) is 0 Å². The molecule has 1 aromatic heterocycles. The number of amides is 1. The molecule has 0 bridgehead atoms. The van der Waals surface area contributed by atoms with Crippen LogP contribution in [-0.2, 0) is 17.8 Å². The Morgan fingerprint density at radius 2 is 2.00 bits per heavy atom. The Morgan fingerprint density at radius 1 is 1.26 bits per heavy atom. The van der Waals surface area contributed by atoms with E-state index in [1.54, 1.807) is 18.3 Å². The lowest BCUT2D eigenvalue weighted by atomic mass is 10.1. The molecule has 27 heavy (non-hydrogen) atoms. The fraction of sp³-hybridized carbons (Fsp3) is 0.100. The van der Waals surface area contributed by atoms with Gasteiger partial charge in [0.15, 0.2) is 0 Å². The van der Waals surface area contributed by atoms with Gasteiger partial charge in [0.25, 0.3) is 5.69 Å². The summed E-state index contributed by atoms with van der Waals surface area (Å²) in [5.41, 5.74) is 4.96. The molecule has 0 atom stereocenters. The molecule has 3 rings (SSSR count). The number of benzene rings is 2. The summed E-state index contributed by atoms with van der Waals surface area (Å²) in [6.45, 7) is 0.445. The minimum absolute atomic E-state index is 0.0134. The number of fused-ring (bicyclic) bond motifs is 1. The van der Waals surface area contributed by atoms with Crippen LogP contribution < -0.4 is 5.43 Å². The van der Waals surface area contributed by atoms with Crippen molar-refractivity contribution in [1.82, 2.24) is 9.99 Å². The molecule has 0 saturated heterocycles. The summed E-state index contributed by atoms with van der Waals surface area (Å²) in [4.78, 5) is 22.2. The first-order chi connectivity index (χ1) is 13.1. The van der Waals surface area contributed by atoms with Crippen LogP contribution >= 0.6 is 0 Å². The van der Waals surface area contributed by atoms with Crippen molar-refractivity contribution in [2.75, 3.05) is 0 Å². The van der Waals surface area contributed by atoms with Gasteiger partial charge in [0.05, 0.1) is 24.1 Å². The quantitative estimate of drug-likeness (QED) is 0.317. The van der Waals surface area contributed by atoms with Crippen LogP contribution in [0.4, 0.5) is 5.69 Å². The second-order valence-corrected chi connectivity index (χ2v) is 5.83. The van der Waals surface area contributed by atoms with Crippen molar-refractivity contribution in [2.45, 2.75) is 13.0 Å². The molecule has 0 unspecified atom stereocenters. The van der Waals surface area contributed by atoms with Crippen molar-refractivity contribution < 1.29 is 9.72 Å². The topological polar surface area (TPSA) is 89.5 Å². The molecular formula is C20H16N4O3. The average Bonchev–Trinajstić information content (AvgIpc) is 3.00. The summed E-state index contributed by atoms with van der Waals surface area (Å²) in [6.07, 6.45) is 8.94. The number of terminal acetylenes is 1. The third-order valence-electron chi connectivity index (χ3n) is 3.99. The first-order valence-corrected chi connectivity index (χ1v) is 8.15. The van der Waals surface area contributed by atoms with Gasteiger partial charge in [-0.2, -0.15) is 5.10 Å². The molecule has 0 spiro atoms. The van der Waals surface area contributed by atoms with E-state index in [1.807, 2.05) is 35.0 Å². The summed E-state index contributed by atoms with van der Waals surface area (Å²) in [5.74, 6) is 2.30. The van der Waals surface area contributed by atoms with E-state index in [1.165, 1.54) is 12.1 Å². The molecule has 1 N–H and O–H groups in total. The highest BCUT2D eigenvalue weighted by molar-refractivity contribution is 5.99. The van der Waals surface area contributed by atoms with Crippen LogP contribution in [0.2, 0.25) is 0 Å². The Morgan fingerprint density at radius 3 is 2.70 bits per heavy atom. The van der Waals surface area contributed by atoms with E-state index in [0.29, 0.717) is 12.1 Å². The first-order valence-electron chi connectivity index (χ1n) is 8.15. The van der Waals surface area contributed by atoms with Gasteiger partial charge in [-0.25, -0.2) is 5.43 Å². The molecule has 0 aliphatic carbocycles. The highest BCUT2D eigenvalue weighted by atomic mass is 16.6. The Labute approximate surface area is 155 Å². The maximum atomic E-state index is 12.0. The number of nitrogens with one attached hydrogen (secondary N) is 1. The van der Waals surface area contributed by atoms with E-state index < -0.39 is 4.92 Å². The zero-order valence-corrected chi connectivity index (χ0v) is 14.3. The van der Waals surface area contributed by atoms with Crippen LogP contribution in [0.15, 0.2) is 59.8 Å². The number of nitro benzene ring substituents is 1. The molecule has 1 heterocycles. The van der Waals surface area contributed by atoms with Gasteiger partial charge in [-0.15, -0.1) is 6.42 Å². The fourth-order valence-electron chi connectivity index (χ4n) is 2.74. The third-order valence-corrected chi connectivity index (χ3v) is 3.99. The van der Waals surface area contributed by atoms with Crippen LogP contribution in [0.1, 0.15) is 11.1 Å². The smallest absolute Gasteiger partial charge is 0.269 e. The number of aromatic nitrogens is 1. The Bertz CT molecular complexity index is 1060. The number of non-ortho nitro benzene ring substituents is 1. The van der Waals surface area contributed by atoms with Gasteiger partial charge in [-0.05, 0) is 11.6 Å². The molecule has 0 radical (unpaired) electrons. The maximum Gasteiger partial charge on any atom is 0.269 e. The maximum absolute atomic E-state index is 12.0. The number of nitro groups is 1. The summed E-state index contributed by atoms with van der Waals surface area (Å²) in [6, 6.07) is 13.6. The van der Waals surface area contributed by atoms with Crippen molar-refractivity contribution in [3.63, 3.8) is 0 Å². The van der Waals surface area contributed by atoms with E-state index in [0.717, 1.165) is 16.5 Å². The Hall–Kier alpha value is -3.92. The normalized spacial score (nSPS) is 10.8. The summed E-state index contributed by atoms with van der Waals surface area (Å²) in [7, 11) is 0. The number of carbonyl (C=O) groups excluding carboxylic acids is 1. The van der Waals surface area contributed by atoms with Crippen molar-refractivity contribution >= 4 is 28.7 Å². The van der Waals surface area contributed by atoms with Crippen molar-refractivity contribution in [1.29, 1.82) is 0 Å². The van der Waals surface area contributed by atoms with Crippen LogP contribution in [0.5, 0.6) is 0 Å². The van der Waals surface area contributed by atoms with Crippen LogP contribution in [-0.4, -0.2) is 21.6 Å². The van der Waals surface area contributed by atoms with E-state index in [4.69, 9.17) is 6.42 Å². The molecular weight excluding hydrogens is 344 g/mol. The van der Waals surface area contributed by atoms with Gasteiger partial charge in [-0.1, -0.05) is 36.3 Å². The minimum atomic E-state index is -0.481. The Balaban J connectivity index is 1.67. The van der Waals surface area contributed by atoms with Gasteiger partial charge >= 0.3 is 0 Å². The third kappa shape index (κ3) is 4.19. The van der Waals surface area contributed by atoms with Crippen molar-refractivity contribution in [3.05, 3.63) is 76.0 Å². The lowest BCUT2D eigenvalue weighted by Crippen LogP contribution is -2.19. The Kier molecular flexibility index (Phi) is 5.28. The fourth-order valence-corrected chi connectivity index (χ4v) is 2.74. The monoisotopic (exact) mass is 360 g/mol. The number of para-hydroxylation sites is 1. The standard InChI is InChI=1S/C20H16N4O3/c1-2-11-23-14-16(18-5-3-4-6-19(18)23)13-21-22-20(25)12-15-7-9-17(10-8-15)24(26)27/h1,3-10,13-14H,11-12H2,(H,22,25)/b21-13+. The second-order valence-electron chi connectivity index (χ2n) is 5.83. The van der Waals surface area contributed by atoms with Crippen molar-refractivity contribution in [2.24, 2.45) is 5.10 Å². The zero-order valence-electron chi connectivity index (χ0n) is 14.3. The van der Waals surface area contributed by atoms with Crippen molar-refractivity contribution in [3.8, 4) is 12.3 Å². The van der Waals surface area contributed by atoms with Gasteiger partial charge in [-0.3, -0.25) is 14.9 Å². The minimum Gasteiger partial charge on any atom is -0.335 e. The van der Waals surface area contributed by atoms with Crippen LogP contribution in [0.25, 0.3) is 10.9 Å². The average molecular weight is 360 g/mol. The summed E-state index contributed by atoms with van der Waals surface area (Å²) in [5, 5.41) is 15.6. The number of nitrogens with zero attached hydrogens (tertiary/aromatic N) is 3. The lowest BCUT2D eigenvalue weighted by Gasteiger charge is -2.00. The van der Waals surface area contributed by atoms with Gasteiger partial charge < -0.3 is 4.57 Å². The van der Waals surface area contributed by atoms with Crippen LogP contribution in [0, 0.1) is 22.5 Å². The van der Waals surface area contributed by atoms with Gasteiger partial charge in [0.2, 0.25) is 5.91 Å². The van der Waals surface area contributed by atoms with Gasteiger partial charge in [0, 0.05) is 34.8 Å². The molecule has 3 aromatic rings. The lowest BCUT2D eigenvalue weighted by molar-refractivity contribution is -0.384. The largest absolute Gasteiger partial charge is 0.335 e. The zero-order chi connectivity index (χ0) is 19.2. The van der Waals surface area contributed by atoms with E-state index >= 15 is 0 Å². The molecule has 0 fully saturated rings. The number of hydrazone groups is 1. The first kappa shape index (κ1) is 17.9. The molecule has 7 nitrogen and oxygen atoms in total. The molecule has 7 heteroatoms. The summed E-state index contributed by atoms with van der Waals surface area (Å²) < 4.78 is 1.94. The highest BCUT2D eigenvalue weighted by Crippen LogP contribution is 2.19. The van der Waals surface area contributed by atoms with Crippen LogP contribution in [0.3, 0.4) is 0 Å². The molecule has 0 saturated carbocycles. The van der Waals surface area contributed by atoms with E-state index in [2.05, 4.69) is 16.4 Å². The molecule has 1 amide bonds. The number of rotatable bonds is 6. The highest BCUT2D eigenvalue weighted by Gasteiger charge is 2.08. The molecule has 134 valence electrons. The number of hydrogen-bond donors (Lipinski definition) is 1. The number of carbonyl (C=O) groups is 1. The molecule has 0 aliphatic heterocycles. The predicted octanol–water partition coefficient (Wildman–Crippen LogP) is 2.88. The van der Waals surface area contributed by atoms with E-state index in [-0.39, 0.29) is 18.0 Å². The predicted molar refractivity (Wildman–Crippen MR) is 103 cm³/mol. The SMILES string of the molecule is C#CCn1cc(/C=N/NC(=O)Cc2ccc([N+](=O)[O-])cc2)c2ccccc21. The summed E-state index contributed by atoms with van der Waals surface area (Å²) >= 11 is 0. The second kappa shape index (κ2) is 7.97.